The van der Waals surface area contributed by atoms with Crippen molar-refractivity contribution >= 4 is 35.6 Å². The fourth-order valence-corrected chi connectivity index (χ4v) is 2.58. The monoisotopic (exact) mass is 453 g/mol. The van der Waals surface area contributed by atoms with Gasteiger partial charge >= 0.3 is 0 Å². The summed E-state index contributed by atoms with van der Waals surface area (Å²) in [7, 11) is 0. The van der Waals surface area contributed by atoms with E-state index in [1.165, 1.54) is 16.7 Å². The van der Waals surface area contributed by atoms with Gasteiger partial charge in [0.1, 0.15) is 0 Å². The first-order chi connectivity index (χ1) is 11.5. The summed E-state index contributed by atoms with van der Waals surface area (Å²) < 4.78 is 5.83. The maximum Gasteiger partial charge on any atom is 0.193 e. The molecule has 2 rings (SSSR count). The van der Waals surface area contributed by atoms with E-state index >= 15 is 0 Å². The van der Waals surface area contributed by atoms with E-state index in [-0.39, 0.29) is 30.1 Å². The second-order valence-corrected chi connectivity index (χ2v) is 6.05. The molecular weight excluding hydrogens is 425 g/mol. The summed E-state index contributed by atoms with van der Waals surface area (Å²) in [5, 5.41) is 3.14. The molecule has 0 heterocycles. The molecule has 3 N–H and O–H groups in total. The molecule has 0 fully saturated rings. The number of hydrogen-bond acceptors (Lipinski definition) is 2. The average molecular weight is 453 g/mol. The molecule has 5 heteroatoms. The lowest BCUT2D eigenvalue weighted by Crippen LogP contribution is -2.23. The van der Waals surface area contributed by atoms with E-state index in [0.717, 1.165) is 12.1 Å². The van der Waals surface area contributed by atoms with Crippen LogP contribution in [0.2, 0.25) is 0 Å². The zero-order chi connectivity index (χ0) is 17.4. The van der Waals surface area contributed by atoms with Crippen LogP contribution in [0.25, 0.3) is 0 Å². The number of hydrogen-bond donors (Lipinski definition) is 2. The first-order valence-corrected chi connectivity index (χ1v) is 8.36. The van der Waals surface area contributed by atoms with E-state index in [9.17, 15) is 0 Å². The van der Waals surface area contributed by atoms with E-state index in [1.54, 1.807) is 0 Å². The molecule has 0 saturated carbocycles. The number of rotatable bonds is 7. The highest BCUT2D eigenvalue weighted by Gasteiger charge is 2.04. The zero-order valence-corrected chi connectivity index (χ0v) is 17.5. The molecule has 25 heavy (non-hydrogen) atoms. The molecule has 0 amide bonds. The number of guanidine groups is 1. The van der Waals surface area contributed by atoms with Crippen molar-refractivity contribution in [1.82, 2.24) is 0 Å². The maximum atomic E-state index is 5.94. The number of ether oxygens (including phenoxy) is 1. The summed E-state index contributed by atoms with van der Waals surface area (Å²) in [6.07, 6.45) is 0.938. The van der Waals surface area contributed by atoms with Crippen molar-refractivity contribution in [2.75, 3.05) is 18.5 Å². The molecule has 0 aromatic heterocycles. The van der Waals surface area contributed by atoms with Gasteiger partial charge in [-0.05, 0) is 56.0 Å². The van der Waals surface area contributed by atoms with Gasteiger partial charge in [0, 0.05) is 18.8 Å². The smallest absolute Gasteiger partial charge is 0.193 e. The van der Waals surface area contributed by atoms with Crippen LogP contribution < -0.4 is 11.1 Å². The van der Waals surface area contributed by atoms with Crippen molar-refractivity contribution in [3.63, 3.8) is 0 Å². The van der Waals surface area contributed by atoms with E-state index in [0.29, 0.717) is 19.1 Å². The lowest BCUT2D eigenvalue weighted by molar-refractivity contribution is 0.0652. The molecule has 2 aromatic rings. The van der Waals surface area contributed by atoms with Gasteiger partial charge in [0.15, 0.2) is 5.96 Å². The van der Waals surface area contributed by atoms with Crippen LogP contribution in [0.5, 0.6) is 0 Å². The molecule has 1 unspecified atom stereocenters. The maximum absolute atomic E-state index is 5.94. The molecule has 136 valence electrons. The minimum absolute atomic E-state index is 0. The van der Waals surface area contributed by atoms with Crippen LogP contribution in [-0.4, -0.2) is 19.1 Å². The summed E-state index contributed by atoms with van der Waals surface area (Å²) in [6, 6.07) is 16.5. The second kappa shape index (κ2) is 11.1. The third-order valence-corrected chi connectivity index (χ3v) is 3.72. The Hall–Kier alpha value is -1.60. The van der Waals surface area contributed by atoms with Gasteiger partial charge in [-0.25, -0.2) is 0 Å². The van der Waals surface area contributed by atoms with Crippen LogP contribution in [0.3, 0.4) is 0 Å². The van der Waals surface area contributed by atoms with Crippen LogP contribution in [-0.2, 0) is 4.74 Å². The number of aryl methyl sites for hydroxylation is 2. The van der Waals surface area contributed by atoms with Gasteiger partial charge in [-0.2, -0.15) is 0 Å². The second-order valence-electron chi connectivity index (χ2n) is 6.05. The van der Waals surface area contributed by atoms with Crippen molar-refractivity contribution < 1.29 is 4.74 Å². The molecule has 0 aliphatic carbocycles. The molecule has 0 radical (unpaired) electrons. The van der Waals surface area contributed by atoms with Gasteiger partial charge in [-0.1, -0.05) is 36.4 Å². The summed E-state index contributed by atoms with van der Waals surface area (Å²) in [5.74, 6) is 0.441. The van der Waals surface area contributed by atoms with E-state index in [2.05, 4.69) is 61.4 Å². The topological polar surface area (TPSA) is 59.6 Å². The van der Waals surface area contributed by atoms with Crippen molar-refractivity contribution in [2.24, 2.45) is 10.7 Å². The summed E-state index contributed by atoms with van der Waals surface area (Å²) in [4.78, 5) is 4.35. The molecule has 0 aliphatic heterocycles. The molecule has 4 nitrogen and oxygen atoms in total. The Labute approximate surface area is 167 Å². The summed E-state index contributed by atoms with van der Waals surface area (Å²) >= 11 is 0. The van der Waals surface area contributed by atoms with Crippen molar-refractivity contribution in [1.29, 1.82) is 0 Å². The highest BCUT2D eigenvalue weighted by Crippen LogP contribution is 2.16. The standard InChI is InChI=1S/C20H27N3O.HI/c1-15-12-16(2)14-19(13-15)23-20(21)22-10-7-11-24-17(3)18-8-5-4-6-9-18;/h4-6,8-9,12-14,17H,7,10-11H2,1-3H3,(H3,21,22,23);1H. The Kier molecular flexibility index (Phi) is 9.52. The van der Waals surface area contributed by atoms with Gasteiger partial charge in [-0.3, -0.25) is 4.99 Å². The van der Waals surface area contributed by atoms with Crippen molar-refractivity contribution in [2.45, 2.75) is 33.3 Å². The predicted octanol–water partition coefficient (Wildman–Crippen LogP) is 4.82. The average Bonchev–Trinajstić information content (AvgIpc) is 2.54. The third kappa shape index (κ3) is 7.88. The van der Waals surface area contributed by atoms with E-state index in [1.807, 2.05) is 18.2 Å². The third-order valence-electron chi connectivity index (χ3n) is 3.72. The van der Waals surface area contributed by atoms with Gasteiger partial charge < -0.3 is 15.8 Å². The molecular formula is C20H28IN3O. The molecule has 1 atom stereocenters. The first-order valence-electron chi connectivity index (χ1n) is 8.36. The predicted molar refractivity (Wildman–Crippen MR) is 117 cm³/mol. The quantitative estimate of drug-likeness (QED) is 0.274. The fourth-order valence-electron chi connectivity index (χ4n) is 2.58. The van der Waals surface area contributed by atoms with Crippen LogP contribution in [0.1, 0.15) is 36.1 Å². The van der Waals surface area contributed by atoms with Gasteiger partial charge in [0.25, 0.3) is 0 Å². The number of benzene rings is 2. The highest BCUT2D eigenvalue weighted by atomic mass is 127. The number of anilines is 1. The molecule has 0 spiro atoms. The molecule has 2 aromatic carbocycles. The highest BCUT2D eigenvalue weighted by molar-refractivity contribution is 14.0. The van der Waals surface area contributed by atoms with Crippen molar-refractivity contribution in [3.05, 3.63) is 65.2 Å². The van der Waals surface area contributed by atoms with Crippen LogP contribution >= 0.6 is 24.0 Å². The minimum atomic E-state index is 0. The fraction of sp³-hybridized carbons (Fsp3) is 0.350. The van der Waals surface area contributed by atoms with Crippen LogP contribution in [0.15, 0.2) is 53.5 Å². The number of nitrogens with one attached hydrogen (secondary N) is 1. The SMILES string of the molecule is Cc1cc(C)cc(NC(N)=NCCCOC(C)c2ccccc2)c1.I. The Morgan fingerprint density at radius 3 is 2.40 bits per heavy atom. The van der Waals surface area contributed by atoms with Gasteiger partial charge in [-0.15, -0.1) is 24.0 Å². The molecule has 0 aliphatic rings. The summed E-state index contributed by atoms with van der Waals surface area (Å²) in [5.41, 5.74) is 10.5. The van der Waals surface area contributed by atoms with Crippen molar-refractivity contribution in [3.8, 4) is 0 Å². The molecule has 0 saturated heterocycles. The Balaban J connectivity index is 0.00000312. The van der Waals surface area contributed by atoms with Crippen LogP contribution in [0.4, 0.5) is 5.69 Å². The van der Waals surface area contributed by atoms with E-state index < -0.39 is 0 Å². The lowest BCUT2D eigenvalue weighted by Gasteiger charge is -2.13. The number of halogens is 1. The summed E-state index contributed by atoms with van der Waals surface area (Å²) in [6.45, 7) is 7.50. The number of aliphatic imine (C=N–C) groups is 1. The first kappa shape index (κ1) is 21.4. The minimum Gasteiger partial charge on any atom is -0.374 e. The Bertz CT molecular complexity index is 654. The number of nitrogens with zero attached hydrogens (tertiary/aromatic N) is 1. The zero-order valence-electron chi connectivity index (χ0n) is 15.2. The normalized spacial score (nSPS) is 12.4. The van der Waals surface area contributed by atoms with E-state index in [4.69, 9.17) is 10.5 Å². The lowest BCUT2D eigenvalue weighted by atomic mass is 10.1. The van der Waals surface area contributed by atoms with Gasteiger partial charge in [0.05, 0.1) is 6.10 Å². The van der Waals surface area contributed by atoms with Crippen LogP contribution in [0, 0.1) is 13.8 Å². The van der Waals surface area contributed by atoms with Gasteiger partial charge in [0.2, 0.25) is 0 Å². The Morgan fingerprint density at radius 2 is 1.76 bits per heavy atom. The Morgan fingerprint density at radius 1 is 1.12 bits per heavy atom. The molecule has 0 bridgehead atoms. The largest absolute Gasteiger partial charge is 0.374 e. The number of nitrogens with two attached hydrogens (primary N) is 1.